The van der Waals surface area contributed by atoms with Gasteiger partial charge in [0.05, 0.1) is 12.0 Å². The molecule has 0 saturated carbocycles. The quantitative estimate of drug-likeness (QED) is 0.528. The van der Waals surface area contributed by atoms with Gasteiger partial charge in [-0.15, -0.1) is 0 Å². The first-order chi connectivity index (χ1) is 8.25. The molecule has 2 N–H and O–H groups in total. The molecule has 0 aromatic heterocycles. The summed E-state index contributed by atoms with van der Waals surface area (Å²) in [6, 6.07) is 0. The number of rotatable bonds is 7. The van der Waals surface area contributed by atoms with Crippen molar-refractivity contribution in [3.05, 3.63) is 0 Å². The van der Waals surface area contributed by atoms with Crippen LogP contribution in [0.2, 0.25) is 0 Å². The molecule has 1 rings (SSSR count). The zero-order chi connectivity index (χ0) is 12.6. The average Bonchev–Trinajstić information content (AvgIpc) is 2.39. The van der Waals surface area contributed by atoms with E-state index in [0.717, 1.165) is 6.42 Å². The molecule has 1 aliphatic rings. The third kappa shape index (κ3) is 4.26. The Morgan fingerprint density at radius 3 is 2.59 bits per heavy atom. The van der Waals surface area contributed by atoms with Crippen LogP contribution < -0.4 is 5.73 Å². The standard InChI is InChI=1S/C12H23NO4/c1-2-5-15-8-9-17-11(14)12(10-13)3-6-16-7-4-12/h2-10,13H2,1H3. The Morgan fingerprint density at radius 2 is 2.00 bits per heavy atom. The summed E-state index contributed by atoms with van der Waals surface area (Å²) in [4.78, 5) is 12.0. The van der Waals surface area contributed by atoms with Crippen molar-refractivity contribution in [3.63, 3.8) is 0 Å². The fraction of sp³-hybridized carbons (Fsp3) is 0.917. The van der Waals surface area contributed by atoms with E-state index in [1.165, 1.54) is 0 Å². The Labute approximate surface area is 103 Å². The van der Waals surface area contributed by atoms with Crippen LogP contribution in [-0.2, 0) is 19.0 Å². The molecule has 100 valence electrons. The smallest absolute Gasteiger partial charge is 0.313 e. The van der Waals surface area contributed by atoms with E-state index in [1.807, 2.05) is 6.92 Å². The lowest BCUT2D eigenvalue weighted by atomic mass is 9.80. The van der Waals surface area contributed by atoms with Crippen molar-refractivity contribution >= 4 is 5.97 Å². The fourth-order valence-corrected chi connectivity index (χ4v) is 1.85. The third-order valence-corrected chi connectivity index (χ3v) is 3.08. The highest BCUT2D eigenvalue weighted by Crippen LogP contribution is 2.30. The first-order valence-corrected chi connectivity index (χ1v) is 6.28. The number of hydrogen-bond donors (Lipinski definition) is 1. The maximum absolute atomic E-state index is 12.0. The Hall–Kier alpha value is -0.650. The van der Waals surface area contributed by atoms with E-state index in [1.54, 1.807) is 0 Å². The number of nitrogens with two attached hydrogens (primary N) is 1. The first-order valence-electron chi connectivity index (χ1n) is 6.28. The molecule has 0 amide bonds. The molecule has 0 aromatic rings. The van der Waals surface area contributed by atoms with E-state index in [0.29, 0.717) is 52.4 Å². The predicted molar refractivity (Wildman–Crippen MR) is 63.6 cm³/mol. The van der Waals surface area contributed by atoms with Gasteiger partial charge >= 0.3 is 5.97 Å². The van der Waals surface area contributed by atoms with Gasteiger partial charge in [-0.05, 0) is 19.3 Å². The summed E-state index contributed by atoms with van der Waals surface area (Å²) < 4.78 is 15.7. The molecule has 0 spiro atoms. The molecule has 1 aliphatic heterocycles. The highest BCUT2D eigenvalue weighted by molar-refractivity contribution is 5.77. The molecule has 0 aliphatic carbocycles. The van der Waals surface area contributed by atoms with Gasteiger partial charge in [0, 0.05) is 26.4 Å². The minimum atomic E-state index is -0.539. The molecule has 1 saturated heterocycles. The number of carbonyl (C=O) groups excluding carboxylic acids is 1. The zero-order valence-electron chi connectivity index (χ0n) is 10.6. The van der Waals surface area contributed by atoms with Crippen molar-refractivity contribution in [2.45, 2.75) is 26.2 Å². The molecule has 0 atom stereocenters. The molecule has 0 bridgehead atoms. The van der Waals surface area contributed by atoms with E-state index in [2.05, 4.69) is 0 Å². The van der Waals surface area contributed by atoms with Crippen LogP contribution in [0.3, 0.4) is 0 Å². The lowest BCUT2D eigenvalue weighted by molar-refractivity contribution is -0.162. The van der Waals surface area contributed by atoms with Crippen molar-refractivity contribution in [1.29, 1.82) is 0 Å². The SMILES string of the molecule is CCCOCCOC(=O)C1(CN)CCOCC1. The number of hydrogen-bond acceptors (Lipinski definition) is 5. The summed E-state index contributed by atoms with van der Waals surface area (Å²) in [5.41, 5.74) is 5.16. The van der Waals surface area contributed by atoms with Crippen molar-refractivity contribution < 1.29 is 19.0 Å². The van der Waals surface area contributed by atoms with Crippen LogP contribution in [0.15, 0.2) is 0 Å². The van der Waals surface area contributed by atoms with E-state index in [4.69, 9.17) is 19.9 Å². The molecule has 0 aromatic carbocycles. The van der Waals surface area contributed by atoms with Crippen LogP contribution in [0, 0.1) is 5.41 Å². The minimum Gasteiger partial charge on any atom is -0.463 e. The maximum Gasteiger partial charge on any atom is 0.313 e. The summed E-state index contributed by atoms with van der Waals surface area (Å²) >= 11 is 0. The van der Waals surface area contributed by atoms with Crippen molar-refractivity contribution in [1.82, 2.24) is 0 Å². The van der Waals surface area contributed by atoms with Crippen LogP contribution in [0.1, 0.15) is 26.2 Å². The van der Waals surface area contributed by atoms with Gasteiger partial charge in [-0.3, -0.25) is 4.79 Å². The summed E-state index contributed by atoms with van der Waals surface area (Å²) in [6.07, 6.45) is 2.27. The molecule has 0 radical (unpaired) electrons. The van der Waals surface area contributed by atoms with Crippen LogP contribution in [0.4, 0.5) is 0 Å². The van der Waals surface area contributed by atoms with Crippen molar-refractivity contribution in [2.75, 3.05) is 39.6 Å². The van der Waals surface area contributed by atoms with Gasteiger partial charge in [0.2, 0.25) is 0 Å². The lowest BCUT2D eigenvalue weighted by Gasteiger charge is -2.33. The first kappa shape index (κ1) is 14.4. The highest BCUT2D eigenvalue weighted by Gasteiger charge is 2.40. The van der Waals surface area contributed by atoms with Gasteiger partial charge < -0.3 is 19.9 Å². The zero-order valence-corrected chi connectivity index (χ0v) is 10.6. The number of carbonyl (C=O) groups is 1. The monoisotopic (exact) mass is 245 g/mol. The number of esters is 1. The fourth-order valence-electron chi connectivity index (χ4n) is 1.85. The van der Waals surface area contributed by atoms with Gasteiger partial charge in [-0.25, -0.2) is 0 Å². The Kier molecular flexibility index (Phi) is 6.47. The van der Waals surface area contributed by atoms with Crippen molar-refractivity contribution in [3.8, 4) is 0 Å². The van der Waals surface area contributed by atoms with Crippen LogP contribution >= 0.6 is 0 Å². The van der Waals surface area contributed by atoms with E-state index in [9.17, 15) is 4.79 Å². The number of ether oxygens (including phenoxy) is 3. The molecule has 1 heterocycles. The summed E-state index contributed by atoms with van der Waals surface area (Å²) in [6.45, 7) is 4.99. The van der Waals surface area contributed by atoms with E-state index < -0.39 is 5.41 Å². The molecule has 5 nitrogen and oxygen atoms in total. The Bertz CT molecular complexity index is 227. The van der Waals surface area contributed by atoms with Crippen LogP contribution in [0.25, 0.3) is 0 Å². The highest BCUT2D eigenvalue weighted by atomic mass is 16.6. The maximum atomic E-state index is 12.0. The average molecular weight is 245 g/mol. The summed E-state index contributed by atoms with van der Waals surface area (Å²) in [5.74, 6) is -0.205. The second-order valence-corrected chi connectivity index (χ2v) is 4.35. The van der Waals surface area contributed by atoms with Gasteiger partial charge in [-0.1, -0.05) is 6.92 Å². The van der Waals surface area contributed by atoms with Crippen LogP contribution in [-0.4, -0.2) is 45.5 Å². The van der Waals surface area contributed by atoms with Gasteiger partial charge in [0.15, 0.2) is 0 Å². The lowest BCUT2D eigenvalue weighted by Crippen LogP contribution is -2.44. The topological polar surface area (TPSA) is 70.8 Å². The second kappa shape index (κ2) is 7.63. The molecule has 1 fully saturated rings. The molecular weight excluding hydrogens is 222 g/mol. The molecule has 0 unspecified atom stereocenters. The third-order valence-electron chi connectivity index (χ3n) is 3.08. The molecule has 5 heteroatoms. The Morgan fingerprint density at radius 1 is 1.29 bits per heavy atom. The van der Waals surface area contributed by atoms with Gasteiger partial charge in [0.1, 0.15) is 6.61 Å². The molecule has 17 heavy (non-hydrogen) atoms. The van der Waals surface area contributed by atoms with E-state index in [-0.39, 0.29) is 5.97 Å². The molecular formula is C12H23NO4. The second-order valence-electron chi connectivity index (χ2n) is 4.35. The Balaban J connectivity index is 2.28. The summed E-state index contributed by atoms with van der Waals surface area (Å²) in [5, 5.41) is 0. The van der Waals surface area contributed by atoms with Crippen molar-refractivity contribution in [2.24, 2.45) is 11.1 Å². The largest absolute Gasteiger partial charge is 0.463 e. The van der Waals surface area contributed by atoms with Gasteiger partial charge in [-0.2, -0.15) is 0 Å². The van der Waals surface area contributed by atoms with Gasteiger partial charge in [0.25, 0.3) is 0 Å². The minimum absolute atomic E-state index is 0.205. The van der Waals surface area contributed by atoms with E-state index >= 15 is 0 Å². The summed E-state index contributed by atoms with van der Waals surface area (Å²) in [7, 11) is 0. The van der Waals surface area contributed by atoms with Crippen LogP contribution in [0.5, 0.6) is 0 Å². The normalized spacial score (nSPS) is 18.9. The predicted octanol–water partition coefficient (Wildman–Crippen LogP) is 0.712.